The summed E-state index contributed by atoms with van der Waals surface area (Å²) >= 11 is 0. The third-order valence-electron chi connectivity index (χ3n) is 2.95. The fourth-order valence-corrected chi connectivity index (χ4v) is 1.99. The summed E-state index contributed by atoms with van der Waals surface area (Å²) in [5, 5.41) is 11.9. The Morgan fingerprint density at radius 3 is 2.47 bits per heavy atom. The van der Waals surface area contributed by atoms with Crippen LogP contribution in [0.4, 0.5) is 4.39 Å². The second-order valence-electron chi connectivity index (χ2n) is 4.24. The molecular weight excluding hydrogens is 191 g/mol. The molecule has 1 fully saturated rings. The molecule has 0 aliphatic carbocycles. The fourth-order valence-electron chi connectivity index (χ4n) is 1.99. The van der Waals surface area contributed by atoms with Gasteiger partial charge in [-0.2, -0.15) is 5.26 Å². The van der Waals surface area contributed by atoms with Crippen LogP contribution in [0, 0.1) is 22.6 Å². The van der Waals surface area contributed by atoms with Gasteiger partial charge in [-0.05, 0) is 24.1 Å². The lowest BCUT2D eigenvalue weighted by Crippen LogP contribution is -2.54. The van der Waals surface area contributed by atoms with Crippen LogP contribution in [0.5, 0.6) is 0 Å². The van der Waals surface area contributed by atoms with E-state index in [1.807, 2.05) is 0 Å². The van der Waals surface area contributed by atoms with Crippen molar-refractivity contribution >= 4 is 0 Å². The lowest BCUT2D eigenvalue weighted by molar-refractivity contribution is 0.173. The number of rotatable bonds is 3. The third kappa shape index (κ3) is 2.16. The first-order valence-corrected chi connectivity index (χ1v) is 5.06. The Bertz CT molecular complexity index is 374. The summed E-state index contributed by atoms with van der Waals surface area (Å²) in [6, 6.07) is 8.77. The molecule has 0 saturated carbocycles. The summed E-state index contributed by atoms with van der Waals surface area (Å²) in [6.07, 6.45) is 1.42. The summed E-state index contributed by atoms with van der Waals surface area (Å²) in [7, 11) is 0. The predicted octanol–water partition coefficient (Wildman–Crippen LogP) is 1.87. The van der Waals surface area contributed by atoms with Crippen molar-refractivity contribution in [3.63, 3.8) is 0 Å². The number of hydrogen-bond acceptors (Lipinski definition) is 2. The van der Waals surface area contributed by atoms with Crippen LogP contribution >= 0.6 is 0 Å². The summed E-state index contributed by atoms with van der Waals surface area (Å²) in [5.74, 6) is -0.209. The highest BCUT2D eigenvalue weighted by atomic mass is 19.1. The molecule has 15 heavy (non-hydrogen) atoms. The maximum atomic E-state index is 12.7. The van der Waals surface area contributed by atoms with Crippen molar-refractivity contribution in [3.8, 4) is 6.07 Å². The molecular formula is C12H13FN2. The molecule has 0 atom stereocenters. The average molecular weight is 204 g/mol. The molecule has 0 radical (unpaired) electrons. The largest absolute Gasteiger partial charge is 0.315 e. The van der Waals surface area contributed by atoms with Gasteiger partial charge in [-0.3, -0.25) is 0 Å². The molecule has 0 bridgehead atoms. The van der Waals surface area contributed by atoms with Crippen molar-refractivity contribution in [2.45, 2.75) is 12.8 Å². The van der Waals surface area contributed by atoms with Gasteiger partial charge >= 0.3 is 0 Å². The van der Waals surface area contributed by atoms with Crippen molar-refractivity contribution < 1.29 is 4.39 Å². The van der Waals surface area contributed by atoms with Gasteiger partial charge in [-0.15, -0.1) is 0 Å². The van der Waals surface area contributed by atoms with E-state index in [-0.39, 0.29) is 11.2 Å². The average Bonchev–Trinajstić information content (AvgIpc) is 2.18. The lowest BCUT2D eigenvalue weighted by atomic mass is 9.74. The summed E-state index contributed by atoms with van der Waals surface area (Å²) in [5.41, 5.74) is 1.18. The normalized spacial score (nSPS) is 17.9. The Morgan fingerprint density at radius 2 is 2.00 bits per heavy atom. The molecule has 2 rings (SSSR count). The van der Waals surface area contributed by atoms with Crippen LogP contribution in [-0.2, 0) is 6.42 Å². The van der Waals surface area contributed by atoms with Gasteiger partial charge in [-0.25, -0.2) is 4.39 Å². The van der Waals surface area contributed by atoms with E-state index >= 15 is 0 Å². The molecule has 1 aromatic carbocycles. The molecule has 1 aromatic rings. The molecule has 0 unspecified atom stereocenters. The Balaban J connectivity index is 2.07. The standard InChI is InChI=1S/C12H13FN2/c13-11-3-1-10(2-4-11)7-12(5-6-14)8-15-9-12/h1-4,15H,5,7-9H2. The van der Waals surface area contributed by atoms with E-state index in [0.717, 1.165) is 25.1 Å². The van der Waals surface area contributed by atoms with Crippen molar-refractivity contribution in [1.29, 1.82) is 5.26 Å². The van der Waals surface area contributed by atoms with Gasteiger partial charge in [0, 0.05) is 24.9 Å². The minimum absolute atomic E-state index is 0.0760. The van der Waals surface area contributed by atoms with Crippen LogP contribution in [0.2, 0.25) is 0 Å². The lowest BCUT2D eigenvalue weighted by Gasteiger charge is -2.41. The number of nitriles is 1. The molecule has 1 aliphatic rings. The van der Waals surface area contributed by atoms with E-state index in [0.29, 0.717) is 6.42 Å². The van der Waals surface area contributed by atoms with Gasteiger partial charge in [-0.1, -0.05) is 12.1 Å². The van der Waals surface area contributed by atoms with Crippen LogP contribution < -0.4 is 5.32 Å². The Morgan fingerprint density at radius 1 is 1.33 bits per heavy atom. The van der Waals surface area contributed by atoms with Gasteiger partial charge in [0.05, 0.1) is 6.07 Å². The number of halogens is 1. The minimum atomic E-state index is -0.209. The molecule has 1 N–H and O–H groups in total. The molecule has 3 heteroatoms. The van der Waals surface area contributed by atoms with E-state index in [2.05, 4.69) is 11.4 Å². The molecule has 0 spiro atoms. The molecule has 1 saturated heterocycles. The highest BCUT2D eigenvalue weighted by molar-refractivity contribution is 5.19. The van der Waals surface area contributed by atoms with Gasteiger partial charge < -0.3 is 5.32 Å². The molecule has 1 heterocycles. The van der Waals surface area contributed by atoms with E-state index in [1.165, 1.54) is 12.1 Å². The zero-order valence-electron chi connectivity index (χ0n) is 8.46. The maximum Gasteiger partial charge on any atom is 0.123 e. The van der Waals surface area contributed by atoms with Gasteiger partial charge in [0.2, 0.25) is 0 Å². The summed E-state index contributed by atoms with van der Waals surface area (Å²) < 4.78 is 12.7. The first kappa shape index (κ1) is 10.1. The smallest absolute Gasteiger partial charge is 0.123 e. The van der Waals surface area contributed by atoms with Gasteiger partial charge in [0.25, 0.3) is 0 Å². The molecule has 78 valence electrons. The van der Waals surface area contributed by atoms with Crippen LogP contribution in [0.15, 0.2) is 24.3 Å². The quantitative estimate of drug-likeness (QED) is 0.815. The number of nitrogens with one attached hydrogen (secondary N) is 1. The van der Waals surface area contributed by atoms with E-state index in [4.69, 9.17) is 5.26 Å². The highest BCUT2D eigenvalue weighted by Crippen LogP contribution is 2.31. The Hall–Kier alpha value is -1.40. The van der Waals surface area contributed by atoms with Crippen molar-refractivity contribution in [2.24, 2.45) is 5.41 Å². The topological polar surface area (TPSA) is 35.8 Å². The van der Waals surface area contributed by atoms with E-state index < -0.39 is 0 Å². The summed E-state index contributed by atoms with van der Waals surface area (Å²) in [6.45, 7) is 1.77. The zero-order chi connectivity index (χ0) is 10.7. The highest BCUT2D eigenvalue weighted by Gasteiger charge is 2.36. The number of hydrogen-bond donors (Lipinski definition) is 1. The maximum absolute atomic E-state index is 12.7. The first-order valence-electron chi connectivity index (χ1n) is 5.06. The van der Waals surface area contributed by atoms with Crippen molar-refractivity contribution in [3.05, 3.63) is 35.6 Å². The summed E-state index contributed by atoms with van der Waals surface area (Å²) in [4.78, 5) is 0. The zero-order valence-corrected chi connectivity index (χ0v) is 8.46. The predicted molar refractivity (Wildman–Crippen MR) is 55.6 cm³/mol. The fraction of sp³-hybridized carbons (Fsp3) is 0.417. The molecule has 0 amide bonds. The van der Waals surface area contributed by atoms with E-state index in [9.17, 15) is 4.39 Å². The third-order valence-corrected chi connectivity index (χ3v) is 2.95. The number of nitrogens with zero attached hydrogens (tertiary/aromatic N) is 1. The first-order chi connectivity index (χ1) is 7.24. The Labute approximate surface area is 88.7 Å². The van der Waals surface area contributed by atoms with Crippen molar-refractivity contribution in [2.75, 3.05) is 13.1 Å². The monoisotopic (exact) mass is 204 g/mol. The minimum Gasteiger partial charge on any atom is -0.315 e. The SMILES string of the molecule is N#CCC1(Cc2ccc(F)cc2)CNC1. The van der Waals surface area contributed by atoms with E-state index in [1.54, 1.807) is 12.1 Å². The van der Waals surface area contributed by atoms with Gasteiger partial charge in [0.1, 0.15) is 5.82 Å². The second kappa shape index (κ2) is 4.00. The molecule has 2 nitrogen and oxygen atoms in total. The Kier molecular flexibility index (Phi) is 2.70. The second-order valence-corrected chi connectivity index (χ2v) is 4.24. The van der Waals surface area contributed by atoms with Crippen LogP contribution in [-0.4, -0.2) is 13.1 Å². The van der Waals surface area contributed by atoms with Crippen LogP contribution in [0.25, 0.3) is 0 Å². The molecule has 0 aromatic heterocycles. The van der Waals surface area contributed by atoms with Crippen molar-refractivity contribution in [1.82, 2.24) is 5.32 Å². The van der Waals surface area contributed by atoms with Gasteiger partial charge in [0.15, 0.2) is 0 Å². The van der Waals surface area contributed by atoms with Crippen LogP contribution in [0.3, 0.4) is 0 Å². The molecule has 1 aliphatic heterocycles. The number of benzene rings is 1. The van der Waals surface area contributed by atoms with Crippen LogP contribution in [0.1, 0.15) is 12.0 Å².